The number of fused-ring (bicyclic) bond motifs is 1. The second-order valence-electron chi connectivity index (χ2n) is 12.1. The fraction of sp³-hybridized carbons (Fsp3) is 0.364. The third kappa shape index (κ3) is 6.95. The number of benzene rings is 1. The van der Waals surface area contributed by atoms with Gasteiger partial charge < -0.3 is 24.6 Å². The first-order valence-corrected chi connectivity index (χ1v) is 16.2. The van der Waals surface area contributed by atoms with Crippen LogP contribution in [-0.4, -0.2) is 76.8 Å². The molecule has 2 amide bonds. The lowest BCUT2D eigenvalue weighted by atomic mass is 10.1. The van der Waals surface area contributed by atoms with Crippen molar-refractivity contribution in [3.05, 3.63) is 85.3 Å². The van der Waals surface area contributed by atoms with Gasteiger partial charge in [-0.25, -0.2) is 14.4 Å². The molecule has 0 aliphatic carbocycles. The molecule has 2 aliphatic heterocycles. The van der Waals surface area contributed by atoms with Gasteiger partial charge in [0.25, 0.3) is 11.5 Å². The number of hydrogen-bond acceptors (Lipinski definition) is 9. The van der Waals surface area contributed by atoms with Crippen LogP contribution in [0.2, 0.25) is 5.02 Å². The second-order valence-corrected chi connectivity index (χ2v) is 12.5. The molecule has 5 heterocycles. The van der Waals surface area contributed by atoms with Crippen LogP contribution < -0.4 is 10.9 Å². The van der Waals surface area contributed by atoms with Crippen molar-refractivity contribution in [3.8, 4) is 5.75 Å². The van der Waals surface area contributed by atoms with E-state index < -0.39 is 41.5 Å². The number of likely N-dealkylation sites (tertiary alicyclic amines) is 1. The van der Waals surface area contributed by atoms with Crippen molar-refractivity contribution in [2.24, 2.45) is 0 Å². The standard InChI is InChI=1S/C33H31ClF4N8O5/c1-4-25-21(10-18-9-16(2)44(12-18)31(50)27-28(48)17(3)39-15-40-27)30(49)46-32(42-29(43-46)20-7-8-51-14-23(20)35)45(25)13-26(47)41-24-6-5-19(11-22(24)34)33(36,37)38/h5-6,10-11,15-16,48H,4,7-9,12-14H2,1-3H3,(H,41,47)/b18-10+/t16-/m1/s1. The molecule has 3 aromatic heterocycles. The number of aryl methyl sites for hydroxylation is 1. The van der Waals surface area contributed by atoms with Crippen molar-refractivity contribution in [3.63, 3.8) is 0 Å². The Labute approximate surface area is 292 Å². The van der Waals surface area contributed by atoms with Gasteiger partial charge in [0.05, 0.1) is 40.7 Å². The highest BCUT2D eigenvalue weighted by Crippen LogP contribution is 2.34. The number of halogens is 5. The quantitative estimate of drug-likeness (QED) is 0.250. The van der Waals surface area contributed by atoms with Gasteiger partial charge in [-0.2, -0.15) is 22.7 Å². The molecule has 1 atom stereocenters. The van der Waals surface area contributed by atoms with E-state index in [4.69, 9.17) is 16.3 Å². The molecule has 0 bridgehead atoms. The number of amides is 2. The van der Waals surface area contributed by atoms with E-state index in [0.29, 0.717) is 23.8 Å². The Morgan fingerprint density at radius 3 is 2.69 bits per heavy atom. The van der Waals surface area contributed by atoms with Crippen LogP contribution >= 0.6 is 11.6 Å². The SMILES string of the molecule is CCc1c(/C=C2\C[C@@H](C)N(C(=O)c3ncnc(C)c3O)C2)c(=O)n2nc(C3=C(F)COCC3)nc2n1CC(=O)Nc1ccc(C(F)(F)F)cc1Cl. The largest absolute Gasteiger partial charge is 0.504 e. The van der Waals surface area contributed by atoms with E-state index >= 15 is 0 Å². The van der Waals surface area contributed by atoms with Crippen LogP contribution in [0.3, 0.4) is 0 Å². The number of rotatable bonds is 7. The zero-order chi connectivity index (χ0) is 36.8. The number of carbonyl (C=O) groups excluding carboxylic acids is 2. The molecule has 18 heteroatoms. The van der Waals surface area contributed by atoms with E-state index in [0.717, 1.165) is 16.6 Å². The second kappa shape index (κ2) is 13.9. The van der Waals surface area contributed by atoms with Gasteiger partial charge in [0, 0.05) is 30.3 Å². The van der Waals surface area contributed by atoms with Crippen molar-refractivity contribution in [2.75, 3.05) is 25.1 Å². The molecular formula is C33H31ClF4N8O5. The molecule has 1 saturated heterocycles. The Morgan fingerprint density at radius 1 is 1.24 bits per heavy atom. The number of alkyl halides is 3. The summed E-state index contributed by atoms with van der Waals surface area (Å²) in [6, 6.07) is 2.18. The van der Waals surface area contributed by atoms with E-state index in [1.807, 2.05) is 6.92 Å². The van der Waals surface area contributed by atoms with Crippen molar-refractivity contribution < 1.29 is 37.0 Å². The van der Waals surface area contributed by atoms with Crippen molar-refractivity contribution in [2.45, 2.75) is 58.8 Å². The van der Waals surface area contributed by atoms with Crippen molar-refractivity contribution >= 4 is 46.5 Å². The van der Waals surface area contributed by atoms with Gasteiger partial charge in [0.15, 0.2) is 17.3 Å². The van der Waals surface area contributed by atoms with Gasteiger partial charge in [0.2, 0.25) is 11.7 Å². The van der Waals surface area contributed by atoms with E-state index in [1.165, 1.54) is 15.8 Å². The van der Waals surface area contributed by atoms with Gasteiger partial charge >= 0.3 is 6.18 Å². The number of hydrogen-bond donors (Lipinski definition) is 2. The molecule has 1 fully saturated rings. The van der Waals surface area contributed by atoms with Gasteiger partial charge in [-0.3, -0.25) is 14.4 Å². The Morgan fingerprint density at radius 2 is 2.00 bits per heavy atom. The summed E-state index contributed by atoms with van der Waals surface area (Å²) in [6.45, 7) is 4.63. The first kappa shape index (κ1) is 35.7. The molecule has 0 unspecified atom stereocenters. The van der Waals surface area contributed by atoms with Gasteiger partial charge in [-0.15, -0.1) is 5.10 Å². The maximum absolute atomic E-state index is 14.8. The molecule has 6 rings (SSSR count). The van der Waals surface area contributed by atoms with Crippen molar-refractivity contribution in [1.82, 2.24) is 34.0 Å². The van der Waals surface area contributed by atoms with Crippen LogP contribution in [0.4, 0.5) is 23.2 Å². The smallest absolute Gasteiger partial charge is 0.416 e. The van der Waals surface area contributed by atoms with Crippen LogP contribution in [0.25, 0.3) is 17.4 Å². The maximum atomic E-state index is 14.8. The fourth-order valence-electron chi connectivity index (χ4n) is 6.13. The number of aromatic nitrogens is 6. The predicted molar refractivity (Wildman–Crippen MR) is 177 cm³/mol. The molecule has 51 heavy (non-hydrogen) atoms. The van der Waals surface area contributed by atoms with Crippen LogP contribution in [-0.2, 0) is 28.7 Å². The Kier molecular flexibility index (Phi) is 9.69. The molecule has 13 nitrogen and oxygen atoms in total. The van der Waals surface area contributed by atoms with Crippen molar-refractivity contribution in [1.29, 1.82) is 0 Å². The zero-order valence-corrected chi connectivity index (χ0v) is 28.3. The number of ether oxygens (including phenoxy) is 1. The summed E-state index contributed by atoms with van der Waals surface area (Å²) in [5.41, 5.74) is -0.257. The lowest BCUT2D eigenvalue weighted by Gasteiger charge is -2.20. The molecule has 2 aliphatic rings. The van der Waals surface area contributed by atoms with Gasteiger partial charge in [-0.05, 0) is 56.5 Å². The molecule has 0 radical (unpaired) electrons. The number of nitrogens with zero attached hydrogens (tertiary/aromatic N) is 7. The summed E-state index contributed by atoms with van der Waals surface area (Å²) in [5.74, 6) is -2.29. The molecular weight excluding hydrogens is 700 g/mol. The number of carbonyl (C=O) groups is 2. The monoisotopic (exact) mass is 730 g/mol. The van der Waals surface area contributed by atoms with Crippen LogP contribution in [0, 0.1) is 6.92 Å². The highest BCUT2D eigenvalue weighted by atomic mass is 35.5. The van der Waals surface area contributed by atoms with Gasteiger partial charge in [0.1, 0.15) is 18.7 Å². The lowest BCUT2D eigenvalue weighted by Crippen LogP contribution is -2.34. The minimum atomic E-state index is -4.64. The van der Waals surface area contributed by atoms with Gasteiger partial charge in [-0.1, -0.05) is 18.5 Å². The summed E-state index contributed by atoms with van der Waals surface area (Å²) in [7, 11) is 0. The van der Waals surface area contributed by atoms with Crippen LogP contribution in [0.15, 0.2) is 40.7 Å². The number of nitrogens with one attached hydrogen (secondary N) is 1. The summed E-state index contributed by atoms with van der Waals surface area (Å²) >= 11 is 6.08. The van der Waals surface area contributed by atoms with E-state index in [1.54, 1.807) is 19.9 Å². The third-order valence-electron chi connectivity index (χ3n) is 8.70. The topological polar surface area (TPSA) is 157 Å². The third-order valence-corrected chi connectivity index (χ3v) is 9.01. The molecule has 4 aromatic rings. The average Bonchev–Trinajstić information content (AvgIpc) is 3.69. The van der Waals surface area contributed by atoms with Crippen LogP contribution in [0.5, 0.6) is 5.75 Å². The zero-order valence-electron chi connectivity index (χ0n) is 27.5. The number of anilines is 1. The van der Waals surface area contributed by atoms with Crippen LogP contribution in [0.1, 0.15) is 65.5 Å². The first-order valence-electron chi connectivity index (χ1n) is 15.8. The average molecular weight is 731 g/mol. The summed E-state index contributed by atoms with van der Waals surface area (Å²) in [4.78, 5) is 54.8. The Bertz CT molecular complexity index is 2200. The number of aromatic hydroxyl groups is 1. The Hall–Kier alpha value is -5.16. The lowest BCUT2D eigenvalue weighted by molar-refractivity contribution is -0.137. The fourth-order valence-corrected chi connectivity index (χ4v) is 6.35. The molecule has 268 valence electrons. The highest BCUT2D eigenvalue weighted by molar-refractivity contribution is 6.33. The predicted octanol–water partition coefficient (Wildman–Crippen LogP) is 4.99. The maximum Gasteiger partial charge on any atom is 0.416 e. The highest BCUT2D eigenvalue weighted by Gasteiger charge is 2.33. The molecule has 0 spiro atoms. The minimum absolute atomic E-state index is 0.0640. The summed E-state index contributed by atoms with van der Waals surface area (Å²) in [6.07, 6.45) is -1.13. The minimum Gasteiger partial charge on any atom is -0.504 e. The van der Waals surface area contributed by atoms with E-state index in [-0.39, 0.29) is 89.2 Å². The molecule has 2 N–H and O–H groups in total. The van der Waals surface area contributed by atoms with E-state index in [2.05, 4.69) is 25.4 Å². The molecule has 1 aromatic carbocycles. The Balaban J connectivity index is 1.41. The normalized spacial score (nSPS) is 17.5. The summed E-state index contributed by atoms with van der Waals surface area (Å²) in [5, 5.41) is 16.9. The first-order chi connectivity index (χ1) is 24.2. The summed E-state index contributed by atoms with van der Waals surface area (Å²) < 4.78 is 61.9. The van der Waals surface area contributed by atoms with E-state index in [9.17, 15) is 37.1 Å². The molecule has 0 saturated carbocycles.